The second-order valence-electron chi connectivity index (χ2n) is 7.21. The van der Waals surface area contributed by atoms with Crippen molar-refractivity contribution in [3.8, 4) is 5.75 Å². The van der Waals surface area contributed by atoms with Crippen LogP contribution in [0.25, 0.3) is 0 Å². The molecule has 0 saturated carbocycles. The van der Waals surface area contributed by atoms with Crippen LogP contribution in [-0.4, -0.2) is 36.6 Å². The number of amides is 1. The molecule has 1 N–H and O–H groups in total. The van der Waals surface area contributed by atoms with Gasteiger partial charge in [0.25, 0.3) is 0 Å². The maximum atomic E-state index is 12.3. The molecule has 3 aromatic rings. The monoisotopic (exact) mass is 397 g/mol. The number of carbonyl (C=O) groups is 1. The first kappa shape index (κ1) is 20.7. The number of aryl methyl sites for hydroxylation is 2. The lowest BCUT2D eigenvalue weighted by Gasteiger charge is -2.22. The molecule has 2 aromatic heterocycles. The van der Waals surface area contributed by atoms with Gasteiger partial charge in [-0.3, -0.25) is 9.69 Å². The summed E-state index contributed by atoms with van der Waals surface area (Å²) in [5, 5.41) is 6.91. The summed E-state index contributed by atoms with van der Waals surface area (Å²) in [7, 11) is 3.92. The predicted octanol–water partition coefficient (Wildman–Crippen LogP) is 3.43. The summed E-state index contributed by atoms with van der Waals surface area (Å²) in [6.07, 6.45) is 1.95. The topological polar surface area (TPSA) is 80.7 Å². The summed E-state index contributed by atoms with van der Waals surface area (Å²) >= 11 is 0. The number of rotatable bonds is 9. The predicted molar refractivity (Wildman–Crippen MR) is 109 cm³/mol. The Morgan fingerprint density at radius 3 is 2.55 bits per heavy atom. The van der Waals surface area contributed by atoms with E-state index in [-0.39, 0.29) is 11.9 Å². The number of benzene rings is 1. The Labute approximate surface area is 170 Å². The van der Waals surface area contributed by atoms with Gasteiger partial charge in [0.15, 0.2) is 0 Å². The fourth-order valence-electron chi connectivity index (χ4n) is 3.04. The average Bonchev–Trinajstić information content (AvgIpc) is 3.32. The highest BCUT2D eigenvalue weighted by Crippen LogP contribution is 2.19. The van der Waals surface area contributed by atoms with E-state index in [1.54, 1.807) is 6.26 Å². The number of hydrogen-bond acceptors (Lipinski definition) is 6. The van der Waals surface area contributed by atoms with Crippen LogP contribution < -0.4 is 10.1 Å². The number of likely N-dealkylation sites (N-methyl/N-ethyl adjacent to an activating group) is 1. The van der Waals surface area contributed by atoms with Crippen molar-refractivity contribution in [2.24, 2.45) is 0 Å². The Morgan fingerprint density at radius 1 is 1.21 bits per heavy atom. The third-order valence-electron chi connectivity index (χ3n) is 4.84. The van der Waals surface area contributed by atoms with Crippen LogP contribution in [0.2, 0.25) is 0 Å². The Morgan fingerprint density at radius 2 is 1.97 bits per heavy atom. The number of carbonyl (C=O) groups excluding carboxylic acids is 1. The second kappa shape index (κ2) is 9.43. The molecule has 1 amide bonds. The number of ether oxygens (including phenoxy) is 1. The number of hydrogen-bond donors (Lipinski definition) is 1. The standard InChI is InChI=1S/C22H27N3O4/c1-15-19(16(2)29-24-15)14-28-18-9-7-17(8-10-18)12-22(26)23-13-20(25(3)4)21-6-5-11-27-21/h5-11,20H,12-14H2,1-4H3,(H,23,26). The van der Waals surface area contributed by atoms with E-state index < -0.39 is 0 Å². The van der Waals surface area contributed by atoms with Gasteiger partial charge in [-0.15, -0.1) is 0 Å². The van der Waals surface area contributed by atoms with Crippen LogP contribution in [0.5, 0.6) is 5.75 Å². The molecule has 0 radical (unpaired) electrons. The highest BCUT2D eigenvalue weighted by molar-refractivity contribution is 5.78. The van der Waals surface area contributed by atoms with Crippen molar-refractivity contribution in [1.29, 1.82) is 0 Å². The fraction of sp³-hybridized carbons (Fsp3) is 0.364. The van der Waals surface area contributed by atoms with Crippen LogP contribution in [0, 0.1) is 13.8 Å². The normalized spacial score (nSPS) is 12.2. The van der Waals surface area contributed by atoms with Crippen LogP contribution in [-0.2, 0) is 17.8 Å². The number of aromatic nitrogens is 1. The van der Waals surface area contributed by atoms with Crippen molar-refractivity contribution in [3.05, 3.63) is 71.0 Å². The molecule has 29 heavy (non-hydrogen) atoms. The van der Waals surface area contributed by atoms with E-state index in [2.05, 4.69) is 10.5 Å². The van der Waals surface area contributed by atoms with Gasteiger partial charge < -0.3 is 19.0 Å². The SMILES string of the molecule is Cc1noc(C)c1COc1ccc(CC(=O)NCC(c2ccco2)N(C)C)cc1. The van der Waals surface area contributed by atoms with Crippen molar-refractivity contribution in [2.75, 3.05) is 20.6 Å². The molecular formula is C22H27N3O4. The van der Waals surface area contributed by atoms with Crippen LogP contribution in [0.1, 0.15) is 34.4 Å². The van der Waals surface area contributed by atoms with Crippen LogP contribution in [0.15, 0.2) is 51.6 Å². The summed E-state index contributed by atoms with van der Waals surface area (Å²) in [4.78, 5) is 14.4. The maximum Gasteiger partial charge on any atom is 0.224 e. The smallest absolute Gasteiger partial charge is 0.224 e. The molecule has 7 nitrogen and oxygen atoms in total. The molecular weight excluding hydrogens is 370 g/mol. The number of nitrogens with one attached hydrogen (secondary N) is 1. The van der Waals surface area contributed by atoms with E-state index in [1.807, 2.05) is 69.2 Å². The van der Waals surface area contributed by atoms with Gasteiger partial charge in [0.2, 0.25) is 5.91 Å². The Kier molecular flexibility index (Phi) is 6.72. The van der Waals surface area contributed by atoms with Crippen LogP contribution in [0.4, 0.5) is 0 Å². The molecule has 0 aliphatic heterocycles. The Bertz CT molecular complexity index is 895. The van der Waals surface area contributed by atoms with Crippen LogP contribution >= 0.6 is 0 Å². The lowest BCUT2D eigenvalue weighted by molar-refractivity contribution is -0.120. The molecule has 3 rings (SSSR count). The minimum absolute atomic E-state index is 0.00551. The van der Waals surface area contributed by atoms with Gasteiger partial charge in [0, 0.05) is 6.54 Å². The first-order valence-corrected chi connectivity index (χ1v) is 9.54. The minimum Gasteiger partial charge on any atom is -0.489 e. The van der Waals surface area contributed by atoms with Crippen molar-refractivity contribution < 1.29 is 18.5 Å². The van der Waals surface area contributed by atoms with Crippen molar-refractivity contribution in [2.45, 2.75) is 32.9 Å². The van der Waals surface area contributed by atoms with Gasteiger partial charge in [-0.25, -0.2) is 0 Å². The Hall–Kier alpha value is -3.06. The molecule has 154 valence electrons. The maximum absolute atomic E-state index is 12.3. The third-order valence-corrected chi connectivity index (χ3v) is 4.84. The first-order valence-electron chi connectivity index (χ1n) is 9.54. The van der Waals surface area contributed by atoms with Crippen molar-refractivity contribution in [1.82, 2.24) is 15.4 Å². The molecule has 0 bridgehead atoms. The van der Waals surface area contributed by atoms with E-state index in [0.29, 0.717) is 19.6 Å². The highest BCUT2D eigenvalue weighted by Gasteiger charge is 2.18. The van der Waals surface area contributed by atoms with E-state index in [0.717, 1.165) is 34.1 Å². The third kappa shape index (κ3) is 5.48. The number of furan rings is 1. The van der Waals surface area contributed by atoms with Gasteiger partial charge in [0.05, 0.1) is 30.0 Å². The molecule has 0 saturated heterocycles. The van der Waals surface area contributed by atoms with Gasteiger partial charge in [-0.1, -0.05) is 17.3 Å². The van der Waals surface area contributed by atoms with Gasteiger partial charge in [0.1, 0.15) is 23.9 Å². The molecule has 2 heterocycles. The molecule has 7 heteroatoms. The zero-order valence-electron chi connectivity index (χ0n) is 17.3. The summed E-state index contributed by atoms with van der Waals surface area (Å²) in [5.41, 5.74) is 2.72. The van der Waals surface area contributed by atoms with E-state index >= 15 is 0 Å². The minimum atomic E-state index is -0.0344. The molecule has 1 aromatic carbocycles. The van der Waals surface area contributed by atoms with Gasteiger partial charge >= 0.3 is 0 Å². The highest BCUT2D eigenvalue weighted by atomic mass is 16.5. The lowest BCUT2D eigenvalue weighted by Crippen LogP contribution is -2.35. The average molecular weight is 397 g/mol. The molecule has 0 fully saturated rings. The van der Waals surface area contributed by atoms with E-state index in [9.17, 15) is 4.79 Å². The molecule has 0 aliphatic carbocycles. The molecule has 1 unspecified atom stereocenters. The Balaban J connectivity index is 1.49. The first-order chi connectivity index (χ1) is 13.9. The summed E-state index contributed by atoms with van der Waals surface area (Å²) in [6.45, 7) is 4.65. The van der Waals surface area contributed by atoms with E-state index in [4.69, 9.17) is 13.7 Å². The second-order valence-corrected chi connectivity index (χ2v) is 7.21. The van der Waals surface area contributed by atoms with E-state index in [1.165, 1.54) is 0 Å². The molecule has 0 spiro atoms. The van der Waals surface area contributed by atoms with Crippen molar-refractivity contribution in [3.63, 3.8) is 0 Å². The lowest BCUT2D eigenvalue weighted by atomic mass is 10.1. The summed E-state index contributed by atoms with van der Waals surface area (Å²) < 4.78 is 16.4. The van der Waals surface area contributed by atoms with Crippen LogP contribution in [0.3, 0.4) is 0 Å². The summed E-state index contributed by atoms with van der Waals surface area (Å²) in [6, 6.07) is 11.3. The molecule has 0 aliphatic rings. The number of nitrogens with zero attached hydrogens (tertiary/aromatic N) is 2. The molecule has 1 atom stereocenters. The zero-order valence-corrected chi connectivity index (χ0v) is 17.3. The van der Waals surface area contributed by atoms with Crippen molar-refractivity contribution >= 4 is 5.91 Å². The largest absolute Gasteiger partial charge is 0.489 e. The quantitative estimate of drug-likeness (QED) is 0.596. The summed E-state index contributed by atoms with van der Waals surface area (Å²) in [5.74, 6) is 2.30. The fourth-order valence-corrected chi connectivity index (χ4v) is 3.04. The van der Waals surface area contributed by atoms with Gasteiger partial charge in [-0.05, 0) is 57.8 Å². The zero-order chi connectivity index (χ0) is 20.8. The van der Waals surface area contributed by atoms with Gasteiger partial charge in [-0.2, -0.15) is 0 Å².